The van der Waals surface area contributed by atoms with E-state index in [4.69, 9.17) is 10.5 Å². The molecule has 3 N–H and O–H groups in total. The van der Waals surface area contributed by atoms with Crippen LogP contribution in [0.25, 0.3) is 0 Å². The predicted molar refractivity (Wildman–Crippen MR) is 77.5 cm³/mol. The first-order chi connectivity index (χ1) is 9.18. The molecule has 0 atom stereocenters. The minimum atomic E-state index is -0.459. The number of nitrogens with one attached hydrogen (secondary N) is 1. The first kappa shape index (κ1) is 14.5. The highest BCUT2D eigenvalue weighted by molar-refractivity contribution is 9.10. The summed E-state index contributed by atoms with van der Waals surface area (Å²) >= 11 is 3.48. The van der Waals surface area contributed by atoms with Crippen LogP contribution in [-0.4, -0.2) is 25.7 Å². The second-order valence-corrected chi connectivity index (χ2v) is 5.73. The van der Waals surface area contributed by atoms with E-state index in [1.54, 1.807) is 0 Å². The number of carbonyl (C=O) groups excluding carboxylic acids is 1. The third-order valence-corrected chi connectivity index (χ3v) is 4.49. The quantitative estimate of drug-likeness (QED) is 0.887. The fourth-order valence-electron chi connectivity index (χ4n) is 2.29. The third-order valence-electron chi connectivity index (χ3n) is 3.72. The van der Waals surface area contributed by atoms with Crippen LogP contribution in [0.15, 0.2) is 28.7 Å². The lowest BCUT2D eigenvalue weighted by molar-refractivity contribution is -0.136. The molecule has 104 valence electrons. The number of hydrogen-bond acceptors (Lipinski definition) is 3. The van der Waals surface area contributed by atoms with Gasteiger partial charge in [0.25, 0.3) is 0 Å². The summed E-state index contributed by atoms with van der Waals surface area (Å²) in [4.78, 5) is 12.4. The summed E-state index contributed by atoms with van der Waals surface area (Å²) in [5.41, 5.74) is 6.42. The molecule has 4 nitrogen and oxygen atoms in total. The van der Waals surface area contributed by atoms with Crippen molar-refractivity contribution in [2.45, 2.75) is 19.4 Å². The predicted octanol–water partition coefficient (Wildman–Crippen LogP) is 1.82. The highest BCUT2D eigenvalue weighted by atomic mass is 79.9. The Balaban J connectivity index is 1.98. The van der Waals surface area contributed by atoms with E-state index in [1.165, 1.54) is 0 Å². The first-order valence-electron chi connectivity index (χ1n) is 6.47. The van der Waals surface area contributed by atoms with E-state index in [9.17, 15) is 4.79 Å². The average Bonchev–Trinajstić information content (AvgIpc) is 2.46. The maximum absolute atomic E-state index is 12.4. The molecule has 0 spiro atoms. The fraction of sp³-hybridized carbons (Fsp3) is 0.500. The minimum Gasteiger partial charge on any atom is -0.381 e. The van der Waals surface area contributed by atoms with Gasteiger partial charge in [-0.15, -0.1) is 0 Å². The monoisotopic (exact) mass is 326 g/mol. The number of hydrogen-bond donors (Lipinski definition) is 2. The van der Waals surface area contributed by atoms with Gasteiger partial charge in [0, 0.05) is 30.8 Å². The molecule has 0 bridgehead atoms. The van der Waals surface area contributed by atoms with Crippen LogP contribution in [0.1, 0.15) is 18.4 Å². The van der Waals surface area contributed by atoms with Gasteiger partial charge in [0.05, 0.1) is 5.41 Å². The standard InChI is InChI=1S/C14H19BrN2O2/c15-12-4-2-1-3-11(12)9-17-13(18)14(10-16)5-7-19-8-6-14/h1-4H,5-10,16H2,(H,17,18). The van der Waals surface area contributed by atoms with Crippen LogP contribution in [0, 0.1) is 5.41 Å². The van der Waals surface area contributed by atoms with E-state index < -0.39 is 5.41 Å². The van der Waals surface area contributed by atoms with Crippen molar-refractivity contribution in [1.82, 2.24) is 5.32 Å². The molecular formula is C14H19BrN2O2. The summed E-state index contributed by atoms with van der Waals surface area (Å²) in [7, 11) is 0. The molecule has 0 saturated carbocycles. The summed E-state index contributed by atoms with van der Waals surface area (Å²) < 4.78 is 6.32. The van der Waals surface area contributed by atoms with Crippen molar-refractivity contribution < 1.29 is 9.53 Å². The SMILES string of the molecule is NCC1(C(=O)NCc2ccccc2Br)CCOCC1. The molecule has 0 aromatic heterocycles. The van der Waals surface area contributed by atoms with Crippen LogP contribution in [0.3, 0.4) is 0 Å². The molecule has 1 fully saturated rings. The van der Waals surface area contributed by atoms with E-state index in [0.29, 0.717) is 39.1 Å². The average molecular weight is 327 g/mol. The van der Waals surface area contributed by atoms with Crippen molar-refractivity contribution in [3.63, 3.8) is 0 Å². The molecule has 19 heavy (non-hydrogen) atoms. The van der Waals surface area contributed by atoms with Crippen LogP contribution in [-0.2, 0) is 16.1 Å². The lowest BCUT2D eigenvalue weighted by Crippen LogP contribution is -2.49. The van der Waals surface area contributed by atoms with Gasteiger partial charge in [-0.25, -0.2) is 0 Å². The number of carbonyl (C=O) groups is 1. The summed E-state index contributed by atoms with van der Waals surface area (Å²) in [6.07, 6.45) is 1.40. The van der Waals surface area contributed by atoms with E-state index in [2.05, 4.69) is 21.2 Å². The summed E-state index contributed by atoms with van der Waals surface area (Å²) in [5.74, 6) is 0.0362. The van der Waals surface area contributed by atoms with Gasteiger partial charge in [0.1, 0.15) is 0 Å². The van der Waals surface area contributed by atoms with Gasteiger partial charge in [0.2, 0.25) is 5.91 Å². The van der Waals surface area contributed by atoms with E-state index >= 15 is 0 Å². The van der Waals surface area contributed by atoms with Gasteiger partial charge in [0.15, 0.2) is 0 Å². The number of rotatable bonds is 4. The van der Waals surface area contributed by atoms with Crippen LogP contribution in [0.5, 0.6) is 0 Å². The zero-order valence-corrected chi connectivity index (χ0v) is 12.4. The van der Waals surface area contributed by atoms with Gasteiger partial charge in [-0.2, -0.15) is 0 Å². The van der Waals surface area contributed by atoms with E-state index in [-0.39, 0.29) is 5.91 Å². The molecule has 0 radical (unpaired) electrons. The lowest BCUT2D eigenvalue weighted by atomic mass is 9.79. The minimum absolute atomic E-state index is 0.0362. The highest BCUT2D eigenvalue weighted by Crippen LogP contribution is 2.29. The maximum Gasteiger partial charge on any atom is 0.227 e. The highest BCUT2D eigenvalue weighted by Gasteiger charge is 2.38. The van der Waals surface area contributed by atoms with Crippen LogP contribution >= 0.6 is 15.9 Å². The zero-order chi connectivity index (χ0) is 13.7. The van der Waals surface area contributed by atoms with Crippen molar-refractivity contribution >= 4 is 21.8 Å². The molecule has 1 aliphatic rings. The summed E-state index contributed by atoms with van der Waals surface area (Å²) in [5, 5.41) is 3.00. The molecule has 2 rings (SSSR count). The van der Waals surface area contributed by atoms with Crippen molar-refractivity contribution in [3.8, 4) is 0 Å². The Hall–Kier alpha value is -0.910. The molecule has 1 aromatic carbocycles. The number of amides is 1. The van der Waals surface area contributed by atoms with E-state index in [0.717, 1.165) is 10.0 Å². The first-order valence-corrected chi connectivity index (χ1v) is 7.27. The molecule has 1 amide bonds. The molecule has 1 aliphatic heterocycles. The second-order valence-electron chi connectivity index (χ2n) is 4.87. The number of ether oxygens (including phenoxy) is 1. The zero-order valence-electron chi connectivity index (χ0n) is 10.8. The van der Waals surface area contributed by atoms with Gasteiger partial charge >= 0.3 is 0 Å². The smallest absolute Gasteiger partial charge is 0.227 e. The number of benzene rings is 1. The van der Waals surface area contributed by atoms with Gasteiger partial charge in [-0.05, 0) is 24.5 Å². The molecule has 1 saturated heterocycles. The van der Waals surface area contributed by atoms with Crippen LogP contribution in [0.4, 0.5) is 0 Å². The van der Waals surface area contributed by atoms with Crippen LogP contribution < -0.4 is 11.1 Å². The van der Waals surface area contributed by atoms with Crippen molar-refractivity contribution in [1.29, 1.82) is 0 Å². The summed E-state index contributed by atoms with van der Waals surface area (Å²) in [6, 6.07) is 7.87. The lowest BCUT2D eigenvalue weighted by Gasteiger charge is -2.34. The molecule has 1 aromatic rings. The Bertz CT molecular complexity index is 445. The molecule has 5 heteroatoms. The van der Waals surface area contributed by atoms with Crippen molar-refractivity contribution in [2.24, 2.45) is 11.1 Å². The van der Waals surface area contributed by atoms with Crippen LogP contribution in [0.2, 0.25) is 0 Å². The Morgan fingerprint density at radius 1 is 1.37 bits per heavy atom. The van der Waals surface area contributed by atoms with E-state index in [1.807, 2.05) is 24.3 Å². The molecule has 0 aliphatic carbocycles. The Labute approximate surface area is 121 Å². The van der Waals surface area contributed by atoms with Crippen molar-refractivity contribution in [2.75, 3.05) is 19.8 Å². The van der Waals surface area contributed by atoms with Crippen molar-refractivity contribution in [3.05, 3.63) is 34.3 Å². The fourth-order valence-corrected chi connectivity index (χ4v) is 2.72. The Morgan fingerprint density at radius 3 is 2.68 bits per heavy atom. The molecule has 0 unspecified atom stereocenters. The largest absolute Gasteiger partial charge is 0.381 e. The molecular weight excluding hydrogens is 308 g/mol. The summed E-state index contributed by atoms with van der Waals surface area (Å²) in [6.45, 7) is 2.11. The Morgan fingerprint density at radius 2 is 2.05 bits per heavy atom. The van der Waals surface area contributed by atoms with Gasteiger partial charge < -0.3 is 15.8 Å². The van der Waals surface area contributed by atoms with Gasteiger partial charge in [-0.3, -0.25) is 4.79 Å². The topological polar surface area (TPSA) is 64.4 Å². The maximum atomic E-state index is 12.4. The van der Waals surface area contributed by atoms with Gasteiger partial charge in [-0.1, -0.05) is 34.1 Å². The second kappa shape index (κ2) is 6.50. The number of nitrogens with two attached hydrogens (primary N) is 1. The molecule has 1 heterocycles. The normalized spacial score (nSPS) is 18.0. The third kappa shape index (κ3) is 3.35. The Kier molecular flexibility index (Phi) is 4.96. The number of halogens is 1.